The maximum atomic E-state index is 12.1. The Labute approximate surface area is 117 Å². The fourth-order valence-corrected chi connectivity index (χ4v) is 2.12. The molecule has 0 spiro atoms. The van der Waals surface area contributed by atoms with Gasteiger partial charge in [-0.25, -0.2) is 4.79 Å². The number of alkyl halides is 1. The first-order chi connectivity index (χ1) is 8.92. The van der Waals surface area contributed by atoms with Crippen LogP contribution >= 0.6 is 15.9 Å². The molecule has 0 amide bonds. The summed E-state index contributed by atoms with van der Waals surface area (Å²) in [6.07, 6.45) is 1.27. The molecule has 0 aliphatic rings. The van der Waals surface area contributed by atoms with E-state index < -0.39 is 29.8 Å². The molecule has 7 nitrogen and oxygen atoms in total. The van der Waals surface area contributed by atoms with E-state index in [9.17, 15) is 14.4 Å². The molecule has 0 aliphatic heterocycles. The fourth-order valence-electron chi connectivity index (χ4n) is 1.73. The van der Waals surface area contributed by atoms with E-state index >= 15 is 0 Å². The van der Waals surface area contributed by atoms with E-state index in [4.69, 9.17) is 9.84 Å². The van der Waals surface area contributed by atoms with Gasteiger partial charge in [0.1, 0.15) is 6.54 Å². The Hall–Kier alpha value is -1.41. The second-order valence-electron chi connectivity index (χ2n) is 4.07. The molecule has 0 fully saturated rings. The lowest BCUT2D eigenvalue weighted by Gasteiger charge is -2.16. The second kappa shape index (κ2) is 6.67. The van der Waals surface area contributed by atoms with Gasteiger partial charge in [0.25, 0.3) is 5.56 Å². The Balaban J connectivity index is 3.46. The maximum Gasteiger partial charge on any atom is 0.331 e. The fraction of sp³-hybridized carbons (Fsp3) is 0.545. The number of aromatic nitrogens is 2. The molecular formula is C11H15BrN2O5. The summed E-state index contributed by atoms with van der Waals surface area (Å²) in [5.41, 5.74) is -0.765. The Bertz CT molecular complexity index is 577. The van der Waals surface area contributed by atoms with E-state index in [1.54, 1.807) is 6.92 Å². The number of carboxylic acids is 1. The van der Waals surface area contributed by atoms with E-state index in [0.717, 1.165) is 9.13 Å². The van der Waals surface area contributed by atoms with Gasteiger partial charge in [-0.15, -0.1) is 0 Å². The van der Waals surface area contributed by atoms with Crippen LogP contribution in [0.3, 0.4) is 0 Å². The van der Waals surface area contributed by atoms with E-state index in [0.29, 0.717) is 5.56 Å². The Morgan fingerprint density at radius 2 is 2.16 bits per heavy atom. The zero-order valence-electron chi connectivity index (χ0n) is 10.6. The van der Waals surface area contributed by atoms with Gasteiger partial charge >= 0.3 is 11.7 Å². The number of methoxy groups -OCH3 is 1. The van der Waals surface area contributed by atoms with Crippen molar-refractivity contribution in [2.24, 2.45) is 0 Å². The summed E-state index contributed by atoms with van der Waals surface area (Å²) in [5, 5.41) is 9.02. The molecule has 19 heavy (non-hydrogen) atoms. The van der Waals surface area contributed by atoms with Gasteiger partial charge in [0.05, 0.1) is 12.6 Å². The monoisotopic (exact) mass is 334 g/mol. The molecule has 0 saturated carbocycles. The summed E-state index contributed by atoms with van der Waals surface area (Å²) in [5.74, 6) is -1.15. The maximum absolute atomic E-state index is 12.1. The molecule has 0 aromatic carbocycles. The third-order valence-corrected chi connectivity index (χ3v) is 3.16. The second-order valence-corrected chi connectivity index (χ2v) is 4.63. The third-order valence-electron chi connectivity index (χ3n) is 2.56. The molecule has 0 saturated heterocycles. The van der Waals surface area contributed by atoms with Crippen LogP contribution in [0.5, 0.6) is 0 Å². The van der Waals surface area contributed by atoms with Crippen molar-refractivity contribution in [3.8, 4) is 0 Å². The molecule has 1 rings (SSSR count). The summed E-state index contributed by atoms with van der Waals surface area (Å²) < 4.78 is 6.95. The molecule has 1 aromatic heterocycles. The molecule has 0 aliphatic carbocycles. The summed E-state index contributed by atoms with van der Waals surface area (Å²) in [7, 11) is 1.46. The van der Waals surface area contributed by atoms with Gasteiger partial charge in [-0.05, 0) is 6.92 Å². The van der Waals surface area contributed by atoms with Crippen LogP contribution in [0.1, 0.15) is 18.5 Å². The lowest BCUT2D eigenvalue weighted by molar-refractivity contribution is -0.137. The largest absolute Gasteiger partial charge is 0.480 e. The third kappa shape index (κ3) is 3.54. The van der Waals surface area contributed by atoms with E-state index in [1.807, 2.05) is 0 Å². The molecule has 8 heteroatoms. The number of hydrogen-bond acceptors (Lipinski definition) is 4. The van der Waals surface area contributed by atoms with Gasteiger partial charge in [0, 0.05) is 24.2 Å². The Morgan fingerprint density at radius 1 is 1.53 bits per heavy atom. The van der Waals surface area contributed by atoms with Crippen molar-refractivity contribution >= 4 is 21.9 Å². The van der Waals surface area contributed by atoms with Crippen molar-refractivity contribution in [1.82, 2.24) is 9.13 Å². The normalized spacial score (nSPS) is 12.4. The molecular weight excluding hydrogens is 320 g/mol. The number of nitrogens with zero attached hydrogens (tertiary/aromatic N) is 2. The summed E-state index contributed by atoms with van der Waals surface area (Å²) >= 11 is 3.15. The van der Waals surface area contributed by atoms with Gasteiger partial charge in [-0.1, -0.05) is 15.9 Å². The average molecular weight is 335 g/mol. The zero-order valence-corrected chi connectivity index (χ0v) is 12.2. The Morgan fingerprint density at radius 3 is 2.63 bits per heavy atom. The van der Waals surface area contributed by atoms with Crippen LogP contribution in [0, 0.1) is 0 Å². The minimum atomic E-state index is -1.15. The number of rotatable bonds is 6. The van der Waals surface area contributed by atoms with Crippen molar-refractivity contribution in [3.05, 3.63) is 32.6 Å². The predicted molar refractivity (Wildman–Crippen MR) is 71.8 cm³/mol. The van der Waals surface area contributed by atoms with Gasteiger partial charge in [0.15, 0.2) is 0 Å². The standard InChI is InChI=1S/C11H15BrN2O5/c1-7(6-19-2)14-10(17)8(3-12)4-13(11(14)18)5-9(15)16/h4,7H,3,5-6H2,1-2H3,(H,15,16)/t7-/m1/s1. The lowest BCUT2D eigenvalue weighted by Crippen LogP contribution is -2.44. The first-order valence-corrected chi connectivity index (χ1v) is 6.66. The van der Waals surface area contributed by atoms with E-state index in [1.165, 1.54) is 13.3 Å². The highest BCUT2D eigenvalue weighted by Crippen LogP contribution is 2.03. The van der Waals surface area contributed by atoms with E-state index in [2.05, 4.69) is 15.9 Å². The topological polar surface area (TPSA) is 90.5 Å². The number of carbonyl (C=O) groups is 1. The average Bonchev–Trinajstić information content (AvgIpc) is 2.32. The molecule has 0 bridgehead atoms. The van der Waals surface area contributed by atoms with Crippen LogP contribution in [0.15, 0.2) is 15.8 Å². The first-order valence-electron chi connectivity index (χ1n) is 5.53. The number of halogens is 1. The molecule has 1 aromatic rings. The highest BCUT2D eigenvalue weighted by molar-refractivity contribution is 9.08. The van der Waals surface area contributed by atoms with Gasteiger partial charge in [0.2, 0.25) is 0 Å². The highest BCUT2D eigenvalue weighted by atomic mass is 79.9. The number of ether oxygens (including phenoxy) is 1. The minimum absolute atomic E-state index is 0.188. The van der Waals surface area contributed by atoms with Crippen LogP contribution < -0.4 is 11.2 Å². The Kier molecular flexibility index (Phi) is 5.49. The highest BCUT2D eigenvalue weighted by Gasteiger charge is 2.16. The van der Waals surface area contributed by atoms with Gasteiger partial charge in [-0.3, -0.25) is 18.7 Å². The van der Waals surface area contributed by atoms with Crippen molar-refractivity contribution in [3.63, 3.8) is 0 Å². The summed E-state index contributed by atoms with van der Waals surface area (Å²) in [6, 6.07) is -0.468. The van der Waals surface area contributed by atoms with Gasteiger partial charge < -0.3 is 9.84 Å². The number of carboxylic acid groups (broad SMARTS) is 1. The SMILES string of the molecule is COC[C@@H](C)n1c(=O)c(CBr)cn(CC(=O)O)c1=O. The molecule has 1 N–H and O–H groups in total. The van der Waals surface area contributed by atoms with Crippen LogP contribution in [0.2, 0.25) is 0 Å². The van der Waals surface area contributed by atoms with E-state index in [-0.39, 0.29) is 11.9 Å². The number of hydrogen-bond donors (Lipinski definition) is 1. The predicted octanol–water partition coefficient (Wildman–Crippen LogP) is 0.197. The summed E-state index contributed by atoms with van der Waals surface area (Å²) in [6.45, 7) is 1.36. The minimum Gasteiger partial charge on any atom is -0.480 e. The first kappa shape index (κ1) is 15.6. The smallest absolute Gasteiger partial charge is 0.331 e. The molecule has 106 valence electrons. The van der Waals surface area contributed by atoms with Crippen molar-refractivity contribution in [2.75, 3.05) is 13.7 Å². The molecule has 0 radical (unpaired) electrons. The summed E-state index contributed by atoms with van der Waals surface area (Å²) in [4.78, 5) is 34.9. The molecule has 1 atom stereocenters. The molecule has 1 heterocycles. The van der Waals surface area contributed by atoms with Crippen LogP contribution in [-0.4, -0.2) is 33.9 Å². The zero-order chi connectivity index (χ0) is 14.6. The van der Waals surface area contributed by atoms with Crippen molar-refractivity contribution in [1.29, 1.82) is 0 Å². The lowest BCUT2D eigenvalue weighted by atomic mass is 10.3. The van der Waals surface area contributed by atoms with Crippen LogP contribution in [0.25, 0.3) is 0 Å². The van der Waals surface area contributed by atoms with Crippen LogP contribution in [-0.2, 0) is 21.4 Å². The number of aliphatic carboxylic acids is 1. The quantitative estimate of drug-likeness (QED) is 0.750. The van der Waals surface area contributed by atoms with Crippen LogP contribution in [0.4, 0.5) is 0 Å². The van der Waals surface area contributed by atoms with Crippen molar-refractivity contribution < 1.29 is 14.6 Å². The van der Waals surface area contributed by atoms with Gasteiger partial charge in [-0.2, -0.15) is 0 Å². The molecule has 0 unspecified atom stereocenters. The van der Waals surface area contributed by atoms with Crippen molar-refractivity contribution in [2.45, 2.75) is 24.8 Å².